The van der Waals surface area contributed by atoms with Gasteiger partial charge in [-0.15, -0.1) is 0 Å². The fraction of sp³-hybridized carbons (Fsp3) is 0.286. The van der Waals surface area contributed by atoms with Crippen molar-refractivity contribution in [1.82, 2.24) is 30.3 Å². The topological polar surface area (TPSA) is 109 Å². The van der Waals surface area contributed by atoms with Crippen LogP contribution in [-0.2, 0) is 0 Å². The third-order valence-electron chi connectivity index (χ3n) is 5.21. The molecule has 2 N–H and O–H groups in total. The van der Waals surface area contributed by atoms with Crippen LogP contribution in [0.2, 0.25) is 5.15 Å². The van der Waals surface area contributed by atoms with E-state index in [4.69, 9.17) is 21.1 Å². The van der Waals surface area contributed by atoms with E-state index in [1.54, 1.807) is 6.20 Å². The van der Waals surface area contributed by atoms with Crippen LogP contribution in [0, 0.1) is 13.8 Å². The first kappa shape index (κ1) is 19.5. The van der Waals surface area contributed by atoms with Gasteiger partial charge in [0.1, 0.15) is 16.7 Å². The molecule has 1 fully saturated rings. The first-order chi connectivity index (χ1) is 15.1. The molecule has 0 aliphatic carbocycles. The molecule has 0 amide bonds. The highest BCUT2D eigenvalue weighted by Crippen LogP contribution is 2.37. The number of aromatic nitrogens is 6. The van der Waals surface area contributed by atoms with Crippen molar-refractivity contribution in [2.24, 2.45) is 0 Å². The number of nitrogens with one attached hydrogen (secondary N) is 2. The second-order valence-electron chi connectivity index (χ2n) is 7.56. The Labute approximate surface area is 183 Å². The largest absolute Gasteiger partial charge is 0.359 e. The minimum absolute atomic E-state index is 0.000949. The van der Waals surface area contributed by atoms with Crippen molar-refractivity contribution in [2.45, 2.75) is 32.7 Å². The van der Waals surface area contributed by atoms with E-state index < -0.39 is 0 Å². The fourth-order valence-electron chi connectivity index (χ4n) is 3.81. The highest BCUT2D eigenvalue weighted by atomic mass is 35.5. The molecule has 1 saturated heterocycles. The van der Waals surface area contributed by atoms with Gasteiger partial charge in [0.2, 0.25) is 5.95 Å². The molecule has 1 unspecified atom stereocenters. The Balaban J connectivity index is 1.42. The lowest BCUT2D eigenvalue weighted by molar-refractivity contribution is 0.362. The van der Waals surface area contributed by atoms with Crippen molar-refractivity contribution in [3.05, 3.63) is 58.8 Å². The predicted molar refractivity (Wildman–Crippen MR) is 117 cm³/mol. The van der Waals surface area contributed by atoms with E-state index in [0.29, 0.717) is 28.4 Å². The zero-order valence-electron chi connectivity index (χ0n) is 17.1. The van der Waals surface area contributed by atoms with Crippen molar-refractivity contribution in [2.75, 3.05) is 16.8 Å². The van der Waals surface area contributed by atoms with Crippen LogP contribution in [0.3, 0.4) is 0 Å². The lowest BCUT2D eigenvalue weighted by Crippen LogP contribution is -2.25. The van der Waals surface area contributed by atoms with Gasteiger partial charge in [0, 0.05) is 47.9 Å². The fourth-order valence-corrected chi connectivity index (χ4v) is 4.03. The Morgan fingerprint density at radius 2 is 2.10 bits per heavy atom. The summed E-state index contributed by atoms with van der Waals surface area (Å²) in [5.41, 5.74) is 3.26. The van der Waals surface area contributed by atoms with E-state index in [9.17, 15) is 0 Å². The summed E-state index contributed by atoms with van der Waals surface area (Å²) in [6, 6.07) is 9.45. The van der Waals surface area contributed by atoms with E-state index in [-0.39, 0.29) is 6.04 Å². The quantitative estimate of drug-likeness (QED) is 0.437. The van der Waals surface area contributed by atoms with Gasteiger partial charge in [0.05, 0.1) is 6.04 Å². The van der Waals surface area contributed by atoms with Gasteiger partial charge < -0.3 is 14.7 Å². The van der Waals surface area contributed by atoms with Gasteiger partial charge in [-0.1, -0.05) is 16.8 Å². The first-order valence-corrected chi connectivity index (χ1v) is 10.4. The number of pyridine rings is 1. The minimum atomic E-state index is -0.000949. The molecule has 5 heterocycles. The molecule has 9 nitrogen and oxygen atoms in total. The SMILES string of the molecule is Cc1cc(Nc2cc(C)[nH]n2)nc(N2CCCC2c2cc(-c3cccnc3Cl)no2)n1. The van der Waals surface area contributed by atoms with Gasteiger partial charge in [-0.3, -0.25) is 5.10 Å². The summed E-state index contributed by atoms with van der Waals surface area (Å²) in [5.74, 6) is 2.82. The van der Waals surface area contributed by atoms with Crippen LogP contribution in [0.5, 0.6) is 0 Å². The van der Waals surface area contributed by atoms with E-state index in [1.807, 2.05) is 44.2 Å². The number of halogens is 1. The normalized spacial score (nSPS) is 16.1. The summed E-state index contributed by atoms with van der Waals surface area (Å²) in [4.78, 5) is 15.7. The van der Waals surface area contributed by atoms with Gasteiger partial charge >= 0.3 is 0 Å². The molecule has 4 aromatic heterocycles. The number of rotatable bonds is 5. The standard InChI is InChI=1S/C21H21ClN8O/c1-12-9-18(25-19-10-13(2)27-28-19)26-21(24-12)30-8-4-6-16(30)17-11-15(29-31-17)14-5-3-7-23-20(14)22/h3,5,7,9-11,16H,4,6,8H2,1-2H3,(H2,24,25,26,27,28). The van der Waals surface area contributed by atoms with Crippen molar-refractivity contribution < 1.29 is 4.52 Å². The summed E-state index contributed by atoms with van der Waals surface area (Å²) >= 11 is 6.22. The van der Waals surface area contributed by atoms with Gasteiger partial charge in [-0.05, 0) is 38.8 Å². The van der Waals surface area contributed by atoms with E-state index >= 15 is 0 Å². The van der Waals surface area contributed by atoms with Crippen molar-refractivity contribution in [3.63, 3.8) is 0 Å². The van der Waals surface area contributed by atoms with Crippen LogP contribution in [0.25, 0.3) is 11.3 Å². The second-order valence-corrected chi connectivity index (χ2v) is 7.92. The summed E-state index contributed by atoms with van der Waals surface area (Å²) in [6.45, 7) is 4.74. The molecule has 0 radical (unpaired) electrons. The third kappa shape index (κ3) is 3.96. The van der Waals surface area contributed by atoms with Gasteiger partial charge in [-0.2, -0.15) is 10.1 Å². The lowest BCUT2D eigenvalue weighted by Gasteiger charge is -2.23. The van der Waals surface area contributed by atoms with E-state index in [0.717, 1.165) is 42.1 Å². The second kappa shape index (κ2) is 7.99. The Morgan fingerprint density at radius 3 is 2.90 bits per heavy atom. The molecule has 1 atom stereocenters. The molecule has 4 aromatic rings. The molecule has 0 aromatic carbocycles. The lowest BCUT2D eigenvalue weighted by atomic mass is 10.1. The highest BCUT2D eigenvalue weighted by molar-refractivity contribution is 6.32. The Hall–Kier alpha value is -3.46. The predicted octanol–water partition coefficient (Wildman–Crippen LogP) is 4.61. The maximum atomic E-state index is 6.22. The summed E-state index contributed by atoms with van der Waals surface area (Å²) in [7, 11) is 0. The van der Waals surface area contributed by atoms with E-state index in [2.05, 4.69) is 35.5 Å². The molecule has 1 aliphatic heterocycles. The van der Waals surface area contributed by atoms with Gasteiger partial charge in [-0.25, -0.2) is 9.97 Å². The zero-order chi connectivity index (χ0) is 21.4. The van der Waals surface area contributed by atoms with Crippen LogP contribution in [-0.4, -0.2) is 36.9 Å². The number of anilines is 3. The number of aromatic amines is 1. The van der Waals surface area contributed by atoms with Crippen LogP contribution < -0.4 is 10.2 Å². The van der Waals surface area contributed by atoms with Crippen LogP contribution in [0.4, 0.5) is 17.6 Å². The Morgan fingerprint density at radius 1 is 1.19 bits per heavy atom. The number of hydrogen-bond acceptors (Lipinski definition) is 8. The first-order valence-electron chi connectivity index (χ1n) is 10.1. The molecule has 1 aliphatic rings. The third-order valence-corrected chi connectivity index (χ3v) is 5.51. The minimum Gasteiger partial charge on any atom is -0.359 e. The van der Waals surface area contributed by atoms with E-state index in [1.165, 1.54) is 0 Å². The monoisotopic (exact) mass is 436 g/mol. The van der Waals surface area contributed by atoms with Crippen molar-refractivity contribution >= 4 is 29.2 Å². The molecular formula is C21H21ClN8O. The maximum absolute atomic E-state index is 6.22. The summed E-state index contributed by atoms with van der Waals surface area (Å²) in [6.07, 6.45) is 3.58. The highest BCUT2D eigenvalue weighted by Gasteiger charge is 2.32. The molecular weight excluding hydrogens is 416 g/mol. The number of aryl methyl sites for hydroxylation is 2. The average molecular weight is 437 g/mol. The number of hydrogen-bond donors (Lipinski definition) is 2. The average Bonchev–Trinajstić information content (AvgIpc) is 3.48. The van der Waals surface area contributed by atoms with Crippen molar-refractivity contribution in [3.8, 4) is 11.3 Å². The zero-order valence-corrected chi connectivity index (χ0v) is 17.9. The molecule has 0 bridgehead atoms. The van der Waals surface area contributed by atoms with Crippen LogP contribution in [0.15, 0.2) is 41.1 Å². The Bertz CT molecular complexity index is 1220. The number of nitrogens with zero attached hydrogens (tertiary/aromatic N) is 6. The molecule has 5 rings (SSSR count). The van der Waals surface area contributed by atoms with Gasteiger partial charge in [0.25, 0.3) is 0 Å². The van der Waals surface area contributed by atoms with Crippen molar-refractivity contribution in [1.29, 1.82) is 0 Å². The number of H-pyrrole nitrogens is 1. The summed E-state index contributed by atoms with van der Waals surface area (Å²) < 4.78 is 5.71. The van der Waals surface area contributed by atoms with Gasteiger partial charge in [0.15, 0.2) is 11.6 Å². The molecule has 0 spiro atoms. The maximum Gasteiger partial charge on any atom is 0.228 e. The smallest absolute Gasteiger partial charge is 0.228 e. The summed E-state index contributed by atoms with van der Waals surface area (Å²) in [5, 5.41) is 15.0. The van der Waals surface area contributed by atoms with Crippen LogP contribution >= 0.6 is 11.6 Å². The molecule has 158 valence electrons. The molecule has 31 heavy (non-hydrogen) atoms. The Kier molecular flexibility index (Phi) is 5.03. The van der Waals surface area contributed by atoms with Crippen LogP contribution in [0.1, 0.15) is 36.0 Å². The molecule has 10 heteroatoms. The molecule has 0 saturated carbocycles.